The molecule has 0 aliphatic carbocycles. The molecule has 2 heterocycles. The van der Waals surface area contributed by atoms with Crippen molar-refractivity contribution in [2.45, 2.75) is 6.10 Å². The van der Waals surface area contributed by atoms with Crippen LogP contribution in [0.4, 0.5) is 0 Å². The SMILES string of the molecule is OC(c1cccc(Cl)c1)c1cnc2ccsc2c1. The fourth-order valence-electron chi connectivity index (χ4n) is 1.88. The molecular formula is C14H10ClNOS. The minimum absolute atomic E-state index is 0.622. The first-order chi connectivity index (χ1) is 8.74. The van der Waals surface area contributed by atoms with E-state index in [2.05, 4.69) is 4.98 Å². The van der Waals surface area contributed by atoms with Crippen LogP contribution in [-0.2, 0) is 0 Å². The molecule has 1 unspecified atom stereocenters. The molecule has 1 N–H and O–H groups in total. The second-order valence-corrected chi connectivity index (χ2v) is 5.41. The van der Waals surface area contributed by atoms with Crippen LogP contribution in [0.2, 0.25) is 5.02 Å². The summed E-state index contributed by atoms with van der Waals surface area (Å²) >= 11 is 7.55. The van der Waals surface area contributed by atoms with E-state index in [9.17, 15) is 5.11 Å². The Labute approximate surface area is 113 Å². The minimum atomic E-state index is -0.692. The third-order valence-electron chi connectivity index (χ3n) is 2.80. The highest BCUT2D eigenvalue weighted by Crippen LogP contribution is 2.27. The van der Waals surface area contributed by atoms with Gasteiger partial charge in [-0.15, -0.1) is 11.3 Å². The van der Waals surface area contributed by atoms with Crippen LogP contribution in [0, 0.1) is 0 Å². The molecule has 0 saturated carbocycles. The van der Waals surface area contributed by atoms with Crippen molar-refractivity contribution >= 4 is 33.2 Å². The Bertz CT molecular complexity index is 695. The molecule has 2 nitrogen and oxygen atoms in total. The van der Waals surface area contributed by atoms with E-state index in [1.54, 1.807) is 29.7 Å². The second kappa shape index (κ2) is 4.69. The van der Waals surface area contributed by atoms with Crippen molar-refractivity contribution in [1.29, 1.82) is 0 Å². The number of fused-ring (bicyclic) bond motifs is 1. The lowest BCUT2D eigenvalue weighted by atomic mass is 10.0. The van der Waals surface area contributed by atoms with Crippen molar-refractivity contribution < 1.29 is 5.11 Å². The van der Waals surface area contributed by atoms with Crippen LogP contribution in [0.15, 0.2) is 48.0 Å². The fraction of sp³-hybridized carbons (Fsp3) is 0.0714. The Balaban J connectivity index is 2.02. The number of hydrogen-bond donors (Lipinski definition) is 1. The number of pyridine rings is 1. The highest BCUT2D eigenvalue weighted by Gasteiger charge is 2.12. The zero-order valence-corrected chi connectivity index (χ0v) is 10.9. The van der Waals surface area contributed by atoms with Gasteiger partial charge in [-0.25, -0.2) is 0 Å². The van der Waals surface area contributed by atoms with Gasteiger partial charge >= 0.3 is 0 Å². The average molecular weight is 276 g/mol. The summed E-state index contributed by atoms with van der Waals surface area (Å²) in [6, 6.07) is 11.2. The van der Waals surface area contributed by atoms with Crippen LogP contribution in [0.25, 0.3) is 10.2 Å². The van der Waals surface area contributed by atoms with E-state index in [0.717, 1.165) is 21.3 Å². The Morgan fingerprint density at radius 1 is 1.17 bits per heavy atom. The first kappa shape index (κ1) is 11.7. The lowest BCUT2D eigenvalue weighted by molar-refractivity contribution is 0.220. The average Bonchev–Trinajstić information content (AvgIpc) is 2.85. The Morgan fingerprint density at radius 2 is 2.06 bits per heavy atom. The predicted octanol–water partition coefficient (Wildman–Crippen LogP) is 4.03. The zero-order chi connectivity index (χ0) is 12.5. The number of aliphatic hydroxyl groups is 1. The first-order valence-corrected chi connectivity index (χ1v) is 6.76. The summed E-state index contributed by atoms with van der Waals surface area (Å²) in [7, 11) is 0. The summed E-state index contributed by atoms with van der Waals surface area (Å²) in [6.45, 7) is 0. The number of hydrogen-bond acceptors (Lipinski definition) is 3. The molecular weight excluding hydrogens is 266 g/mol. The monoisotopic (exact) mass is 275 g/mol. The van der Waals surface area contributed by atoms with Crippen molar-refractivity contribution in [3.8, 4) is 0 Å². The summed E-state index contributed by atoms with van der Waals surface area (Å²) in [5, 5.41) is 12.9. The third kappa shape index (κ3) is 2.12. The standard InChI is InChI=1S/C14H10ClNOS/c15-11-3-1-2-9(6-11)14(17)10-7-13-12(16-8-10)4-5-18-13/h1-8,14,17H. The number of benzene rings is 1. The molecule has 1 atom stereocenters. The van der Waals surface area contributed by atoms with Gasteiger partial charge in [0, 0.05) is 16.8 Å². The lowest BCUT2D eigenvalue weighted by Crippen LogP contribution is -1.99. The van der Waals surface area contributed by atoms with Crippen LogP contribution < -0.4 is 0 Å². The molecule has 0 aliphatic rings. The molecule has 0 amide bonds. The van der Waals surface area contributed by atoms with E-state index >= 15 is 0 Å². The summed E-state index contributed by atoms with van der Waals surface area (Å²) in [6.07, 6.45) is 1.02. The maximum Gasteiger partial charge on any atom is 0.106 e. The summed E-state index contributed by atoms with van der Waals surface area (Å²) in [4.78, 5) is 4.33. The number of thiophene rings is 1. The van der Waals surface area contributed by atoms with Gasteiger partial charge in [-0.1, -0.05) is 23.7 Å². The van der Waals surface area contributed by atoms with Crippen molar-refractivity contribution in [3.05, 3.63) is 64.1 Å². The molecule has 0 bridgehead atoms. The normalized spacial score (nSPS) is 12.8. The Morgan fingerprint density at radius 3 is 2.89 bits per heavy atom. The Kier molecular flexibility index (Phi) is 3.04. The van der Waals surface area contributed by atoms with Gasteiger partial charge in [0.05, 0.1) is 10.2 Å². The number of nitrogens with zero attached hydrogens (tertiary/aromatic N) is 1. The molecule has 1 aromatic carbocycles. The molecule has 3 aromatic rings. The van der Waals surface area contributed by atoms with Gasteiger partial charge in [0.2, 0.25) is 0 Å². The van der Waals surface area contributed by atoms with Crippen LogP contribution in [0.3, 0.4) is 0 Å². The summed E-state index contributed by atoms with van der Waals surface area (Å²) in [5.74, 6) is 0. The molecule has 18 heavy (non-hydrogen) atoms. The van der Waals surface area contributed by atoms with Crippen LogP contribution in [0.5, 0.6) is 0 Å². The van der Waals surface area contributed by atoms with Gasteiger partial charge in [0.15, 0.2) is 0 Å². The zero-order valence-electron chi connectivity index (χ0n) is 9.38. The van der Waals surface area contributed by atoms with Gasteiger partial charge < -0.3 is 5.11 Å². The second-order valence-electron chi connectivity index (χ2n) is 4.03. The number of aliphatic hydroxyl groups excluding tert-OH is 1. The molecule has 2 aromatic heterocycles. The topological polar surface area (TPSA) is 33.1 Å². The summed E-state index contributed by atoms with van der Waals surface area (Å²) < 4.78 is 1.08. The van der Waals surface area contributed by atoms with Crippen molar-refractivity contribution in [2.75, 3.05) is 0 Å². The molecule has 0 fully saturated rings. The van der Waals surface area contributed by atoms with Crippen molar-refractivity contribution in [3.63, 3.8) is 0 Å². The van der Waals surface area contributed by atoms with Crippen molar-refractivity contribution in [2.24, 2.45) is 0 Å². The van der Waals surface area contributed by atoms with Gasteiger partial charge in [-0.2, -0.15) is 0 Å². The molecule has 0 saturated heterocycles. The van der Waals surface area contributed by atoms with E-state index < -0.39 is 6.10 Å². The van der Waals surface area contributed by atoms with E-state index in [1.807, 2.05) is 29.6 Å². The molecule has 0 aliphatic heterocycles. The molecule has 4 heteroatoms. The molecule has 0 radical (unpaired) electrons. The van der Waals surface area contributed by atoms with Gasteiger partial charge in [0.25, 0.3) is 0 Å². The highest BCUT2D eigenvalue weighted by molar-refractivity contribution is 7.17. The number of halogens is 1. The number of rotatable bonds is 2. The smallest absolute Gasteiger partial charge is 0.106 e. The van der Waals surface area contributed by atoms with Gasteiger partial charge in [0.1, 0.15) is 6.10 Å². The maximum atomic E-state index is 10.3. The van der Waals surface area contributed by atoms with Gasteiger partial charge in [-0.3, -0.25) is 4.98 Å². The lowest BCUT2D eigenvalue weighted by Gasteiger charge is -2.11. The van der Waals surface area contributed by atoms with Crippen LogP contribution in [-0.4, -0.2) is 10.1 Å². The molecule has 3 rings (SSSR count). The predicted molar refractivity (Wildman–Crippen MR) is 75.1 cm³/mol. The third-order valence-corrected chi connectivity index (χ3v) is 3.89. The minimum Gasteiger partial charge on any atom is -0.384 e. The Hall–Kier alpha value is -1.42. The molecule has 0 spiro atoms. The van der Waals surface area contributed by atoms with E-state index in [1.165, 1.54) is 0 Å². The van der Waals surface area contributed by atoms with Crippen molar-refractivity contribution in [1.82, 2.24) is 4.98 Å². The fourth-order valence-corrected chi connectivity index (χ4v) is 2.87. The van der Waals surface area contributed by atoms with Crippen LogP contribution >= 0.6 is 22.9 Å². The largest absolute Gasteiger partial charge is 0.384 e. The van der Waals surface area contributed by atoms with E-state index in [-0.39, 0.29) is 0 Å². The highest BCUT2D eigenvalue weighted by atomic mass is 35.5. The first-order valence-electron chi connectivity index (χ1n) is 5.51. The quantitative estimate of drug-likeness (QED) is 0.766. The van der Waals surface area contributed by atoms with Crippen LogP contribution in [0.1, 0.15) is 17.2 Å². The van der Waals surface area contributed by atoms with Gasteiger partial charge in [-0.05, 0) is 35.2 Å². The van der Waals surface area contributed by atoms with E-state index in [4.69, 9.17) is 11.6 Å². The van der Waals surface area contributed by atoms with E-state index in [0.29, 0.717) is 5.02 Å². The molecule has 90 valence electrons. The summed E-state index contributed by atoms with van der Waals surface area (Å²) in [5.41, 5.74) is 2.52. The number of aromatic nitrogens is 1. The maximum absolute atomic E-state index is 10.3.